The molecule has 3 rings (SSSR count). The maximum Gasteiger partial charge on any atom is 0.449 e. The fourth-order valence-corrected chi connectivity index (χ4v) is 3.01. The van der Waals surface area contributed by atoms with E-state index in [2.05, 4.69) is 15.6 Å². The topological polar surface area (TPSA) is 79.3 Å². The second kappa shape index (κ2) is 6.94. The number of hydrogen-bond donors (Lipinski definition) is 2. The quantitative estimate of drug-likeness (QED) is 0.831. The molecule has 1 unspecified atom stereocenters. The molecule has 1 aromatic carbocycles. The number of amides is 2. The number of carbonyl (C=O) groups is 2. The lowest BCUT2D eigenvalue weighted by atomic mass is 10.2. The van der Waals surface area contributed by atoms with E-state index in [9.17, 15) is 22.8 Å². The van der Waals surface area contributed by atoms with Crippen LogP contribution in [-0.2, 0) is 22.3 Å². The first-order valence-corrected chi connectivity index (χ1v) is 8.06. The number of likely N-dealkylation sites (N-methyl/N-ethyl adjacent to an activating group) is 1. The van der Waals surface area contributed by atoms with Crippen LogP contribution < -0.4 is 10.6 Å². The zero-order chi connectivity index (χ0) is 18.9. The summed E-state index contributed by atoms with van der Waals surface area (Å²) in [6, 6.07) is 5.57. The standard InChI is InChI=1S/C16H18F3N5O2/c1-20-14(26)11-8-23(7-6-21-11)13(25)9-24-12-5-3-2-4-10(12)22-15(24)16(17,18)19/h2-5,11,21H,6-9H2,1H3,(H,20,26). The van der Waals surface area contributed by atoms with Crippen LogP contribution in [0, 0.1) is 0 Å². The predicted octanol–water partition coefficient (Wildman–Crippen LogP) is 0.601. The van der Waals surface area contributed by atoms with Crippen molar-refractivity contribution in [1.29, 1.82) is 0 Å². The van der Waals surface area contributed by atoms with Gasteiger partial charge in [0, 0.05) is 26.7 Å². The Balaban J connectivity index is 1.86. The van der Waals surface area contributed by atoms with Gasteiger partial charge in [-0.1, -0.05) is 12.1 Å². The molecule has 140 valence electrons. The number of hydrogen-bond acceptors (Lipinski definition) is 4. The monoisotopic (exact) mass is 369 g/mol. The van der Waals surface area contributed by atoms with Crippen molar-refractivity contribution in [1.82, 2.24) is 25.1 Å². The first-order chi connectivity index (χ1) is 12.3. The Morgan fingerprint density at radius 2 is 2.08 bits per heavy atom. The molecule has 2 heterocycles. The fraction of sp³-hybridized carbons (Fsp3) is 0.438. The zero-order valence-electron chi connectivity index (χ0n) is 14.0. The van der Waals surface area contributed by atoms with Crippen molar-refractivity contribution < 1.29 is 22.8 Å². The van der Waals surface area contributed by atoms with E-state index in [1.165, 1.54) is 24.1 Å². The minimum atomic E-state index is -4.67. The van der Waals surface area contributed by atoms with Gasteiger partial charge in [-0.3, -0.25) is 9.59 Å². The molecule has 10 heteroatoms. The van der Waals surface area contributed by atoms with Gasteiger partial charge in [0.05, 0.1) is 11.0 Å². The van der Waals surface area contributed by atoms with E-state index in [0.717, 1.165) is 4.57 Å². The minimum absolute atomic E-state index is 0.104. The van der Waals surface area contributed by atoms with Gasteiger partial charge in [0.15, 0.2) is 0 Å². The normalized spacial score (nSPS) is 18.2. The Kier molecular flexibility index (Phi) is 4.86. The van der Waals surface area contributed by atoms with Crippen LogP contribution in [0.2, 0.25) is 0 Å². The van der Waals surface area contributed by atoms with Crippen molar-refractivity contribution in [2.75, 3.05) is 26.7 Å². The maximum absolute atomic E-state index is 13.3. The van der Waals surface area contributed by atoms with E-state index in [1.807, 2.05) is 0 Å². The van der Waals surface area contributed by atoms with Crippen LogP contribution in [-0.4, -0.2) is 59.0 Å². The molecule has 1 fully saturated rings. The number of benzene rings is 1. The predicted molar refractivity (Wildman–Crippen MR) is 87.2 cm³/mol. The number of nitrogens with one attached hydrogen (secondary N) is 2. The van der Waals surface area contributed by atoms with Crippen molar-refractivity contribution in [3.05, 3.63) is 30.1 Å². The summed E-state index contributed by atoms with van der Waals surface area (Å²) in [6.07, 6.45) is -4.67. The van der Waals surface area contributed by atoms with Crippen LogP contribution in [0.5, 0.6) is 0 Å². The lowest BCUT2D eigenvalue weighted by molar-refractivity contribution is -0.148. The average Bonchev–Trinajstić information content (AvgIpc) is 3.00. The zero-order valence-corrected chi connectivity index (χ0v) is 14.0. The lowest BCUT2D eigenvalue weighted by Crippen LogP contribution is -2.58. The van der Waals surface area contributed by atoms with Gasteiger partial charge in [-0.2, -0.15) is 13.2 Å². The molecule has 7 nitrogen and oxygen atoms in total. The molecule has 1 saturated heterocycles. The number of fused-ring (bicyclic) bond motifs is 1. The van der Waals surface area contributed by atoms with Crippen LogP contribution in [0.3, 0.4) is 0 Å². The van der Waals surface area contributed by atoms with Crippen molar-refractivity contribution in [2.24, 2.45) is 0 Å². The number of aromatic nitrogens is 2. The molecule has 0 spiro atoms. The lowest BCUT2D eigenvalue weighted by Gasteiger charge is -2.33. The highest BCUT2D eigenvalue weighted by Crippen LogP contribution is 2.31. The number of piperazine rings is 1. The molecule has 1 aliphatic rings. The van der Waals surface area contributed by atoms with Crippen LogP contribution >= 0.6 is 0 Å². The second-order valence-electron chi connectivity index (χ2n) is 5.97. The summed E-state index contributed by atoms with van der Waals surface area (Å²) in [5.41, 5.74) is 0.419. The SMILES string of the molecule is CNC(=O)C1CN(C(=O)Cn2c(C(F)(F)F)nc3ccccc32)CCN1. The largest absolute Gasteiger partial charge is 0.449 e. The van der Waals surface area contributed by atoms with E-state index in [0.29, 0.717) is 13.1 Å². The van der Waals surface area contributed by atoms with Gasteiger partial charge in [-0.05, 0) is 12.1 Å². The summed E-state index contributed by atoms with van der Waals surface area (Å²) in [4.78, 5) is 29.4. The van der Waals surface area contributed by atoms with Gasteiger partial charge < -0.3 is 20.1 Å². The number of carbonyl (C=O) groups excluding carboxylic acids is 2. The molecule has 1 atom stereocenters. The van der Waals surface area contributed by atoms with Crippen molar-refractivity contribution in [3.8, 4) is 0 Å². The van der Waals surface area contributed by atoms with Crippen LogP contribution in [0.1, 0.15) is 5.82 Å². The third-order valence-corrected chi connectivity index (χ3v) is 4.29. The number of halogens is 3. The third-order valence-electron chi connectivity index (χ3n) is 4.29. The molecular formula is C16H18F3N5O2. The van der Waals surface area contributed by atoms with Crippen molar-refractivity contribution in [2.45, 2.75) is 18.8 Å². The molecule has 2 N–H and O–H groups in total. The summed E-state index contributed by atoms with van der Waals surface area (Å²) in [5.74, 6) is -1.87. The molecule has 0 aliphatic carbocycles. The van der Waals surface area contributed by atoms with Gasteiger partial charge in [-0.15, -0.1) is 0 Å². The Labute approximate surface area is 147 Å². The van der Waals surface area contributed by atoms with Crippen LogP contribution in [0.15, 0.2) is 24.3 Å². The van der Waals surface area contributed by atoms with E-state index >= 15 is 0 Å². The summed E-state index contributed by atoms with van der Waals surface area (Å²) in [7, 11) is 1.48. The Bertz CT molecular complexity index is 833. The molecule has 0 saturated carbocycles. The number of imidazole rings is 1. The highest BCUT2D eigenvalue weighted by Gasteiger charge is 2.38. The van der Waals surface area contributed by atoms with E-state index in [4.69, 9.17) is 0 Å². The Morgan fingerprint density at radius 3 is 2.77 bits per heavy atom. The molecule has 26 heavy (non-hydrogen) atoms. The van der Waals surface area contributed by atoms with Crippen molar-refractivity contribution >= 4 is 22.8 Å². The van der Waals surface area contributed by atoms with Gasteiger partial charge in [0.25, 0.3) is 0 Å². The summed E-state index contributed by atoms with van der Waals surface area (Å²) < 4.78 is 40.8. The molecular weight excluding hydrogens is 351 g/mol. The van der Waals surface area contributed by atoms with E-state index in [1.54, 1.807) is 12.1 Å². The van der Waals surface area contributed by atoms with Crippen LogP contribution in [0.25, 0.3) is 11.0 Å². The molecule has 1 aromatic heterocycles. The molecule has 0 bridgehead atoms. The number of rotatable bonds is 3. The first kappa shape index (κ1) is 18.2. The van der Waals surface area contributed by atoms with E-state index in [-0.39, 0.29) is 23.5 Å². The molecule has 2 aromatic rings. The smallest absolute Gasteiger partial charge is 0.358 e. The highest BCUT2D eigenvalue weighted by molar-refractivity contribution is 5.84. The molecule has 2 amide bonds. The van der Waals surface area contributed by atoms with E-state index < -0.39 is 30.5 Å². The number of alkyl halides is 3. The summed E-state index contributed by atoms with van der Waals surface area (Å²) in [6.45, 7) is 0.323. The number of para-hydroxylation sites is 2. The van der Waals surface area contributed by atoms with Crippen LogP contribution in [0.4, 0.5) is 13.2 Å². The van der Waals surface area contributed by atoms with Gasteiger partial charge in [0.2, 0.25) is 17.6 Å². The minimum Gasteiger partial charge on any atom is -0.358 e. The third kappa shape index (κ3) is 3.50. The van der Waals surface area contributed by atoms with Gasteiger partial charge in [-0.25, -0.2) is 4.98 Å². The Morgan fingerprint density at radius 1 is 1.35 bits per heavy atom. The van der Waals surface area contributed by atoms with Gasteiger partial charge >= 0.3 is 6.18 Å². The molecule has 1 aliphatic heterocycles. The van der Waals surface area contributed by atoms with Gasteiger partial charge in [0.1, 0.15) is 12.6 Å². The summed E-state index contributed by atoms with van der Waals surface area (Å²) >= 11 is 0. The maximum atomic E-state index is 13.3. The average molecular weight is 369 g/mol. The first-order valence-electron chi connectivity index (χ1n) is 8.06. The summed E-state index contributed by atoms with van der Waals surface area (Å²) in [5, 5.41) is 5.46. The second-order valence-corrected chi connectivity index (χ2v) is 5.97. The van der Waals surface area contributed by atoms with Crippen molar-refractivity contribution in [3.63, 3.8) is 0 Å². The fourth-order valence-electron chi connectivity index (χ4n) is 3.01. The molecule has 0 radical (unpaired) electrons. The number of nitrogens with zero attached hydrogens (tertiary/aromatic N) is 3. The Hall–Kier alpha value is -2.62. The highest BCUT2D eigenvalue weighted by atomic mass is 19.4.